The normalized spacial score (nSPS) is 20.5. The van der Waals surface area contributed by atoms with Gasteiger partial charge in [-0.25, -0.2) is 19.5 Å². The average Bonchev–Trinajstić information content (AvgIpc) is 3.16. The minimum atomic E-state index is -0.998. The summed E-state index contributed by atoms with van der Waals surface area (Å²) in [5.74, 6) is -0.996. The summed E-state index contributed by atoms with van der Waals surface area (Å²) < 4.78 is 12.6. The summed E-state index contributed by atoms with van der Waals surface area (Å²) in [5.41, 5.74) is -1.95. The molecule has 1 aliphatic carbocycles. The third kappa shape index (κ3) is 6.46. The third-order valence-electron chi connectivity index (χ3n) is 5.22. The number of aliphatic carboxylic acids is 1. The minimum Gasteiger partial charge on any atom is -0.481 e. The number of aromatic nitrogens is 2. The molecule has 9 heteroatoms. The van der Waals surface area contributed by atoms with Gasteiger partial charge in [-0.3, -0.25) is 4.79 Å². The number of imidazole rings is 1. The highest BCUT2D eigenvalue weighted by molar-refractivity contribution is 5.88. The number of carbonyl (C=O) groups excluding carboxylic acids is 2. The van der Waals surface area contributed by atoms with Crippen LogP contribution in [0.2, 0.25) is 0 Å². The van der Waals surface area contributed by atoms with Crippen molar-refractivity contribution >= 4 is 18.2 Å². The number of carbonyl (C=O) groups is 3. The Kier molecular flexibility index (Phi) is 7.63. The van der Waals surface area contributed by atoms with Gasteiger partial charge in [-0.05, 0) is 73.1 Å². The van der Waals surface area contributed by atoms with Crippen LogP contribution in [0, 0.1) is 5.92 Å². The van der Waals surface area contributed by atoms with Crippen molar-refractivity contribution < 1.29 is 29.0 Å². The fraction of sp³-hybridized carbons (Fsp3) is 0.739. The lowest BCUT2D eigenvalue weighted by Gasteiger charge is -2.28. The van der Waals surface area contributed by atoms with Crippen LogP contribution in [0.3, 0.4) is 0 Å². The van der Waals surface area contributed by atoms with Gasteiger partial charge >= 0.3 is 18.2 Å². The summed E-state index contributed by atoms with van der Waals surface area (Å²) in [5, 5.41) is 9.90. The Labute approximate surface area is 190 Å². The van der Waals surface area contributed by atoms with Gasteiger partial charge in [0, 0.05) is 19.3 Å². The lowest BCUT2D eigenvalue weighted by molar-refractivity contribution is -0.140. The highest BCUT2D eigenvalue weighted by atomic mass is 16.6. The summed E-state index contributed by atoms with van der Waals surface area (Å²) in [6.07, 6.45) is 4.34. The third-order valence-corrected chi connectivity index (χ3v) is 5.22. The maximum Gasteiger partial charge on any atom is 0.419 e. The summed E-state index contributed by atoms with van der Waals surface area (Å²) in [7, 11) is 0. The quantitative estimate of drug-likeness (QED) is 0.615. The van der Waals surface area contributed by atoms with Crippen LogP contribution < -0.4 is 0 Å². The predicted molar refractivity (Wildman–Crippen MR) is 118 cm³/mol. The topological polar surface area (TPSA) is 111 Å². The van der Waals surface area contributed by atoms with Gasteiger partial charge < -0.3 is 19.1 Å². The average molecular weight is 452 g/mol. The number of rotatable bonds is 8. The molecule has 2 rings (SSSR count). The van der Waals surface area contributed by atoms with E-state index in [4.69, 9.17) is 9.47 Å². The number of nitrogens with zero attached hydrogens (tertiary/aromatic N) is 3. The zero-order valence-corrected chi connectivity index (χ0v) is 20.3. The number of ether oxygens (including phenoxy) is 2. The number of hydrogen-bond acceptors (Lipinski definition) is 6. The van der Waals surface area contributed by atoms with E-state index in [-0.39, 0.29) is 12.5 Å². The van der Waals surface area contributed by atoms with Crippen LogP contribution in [0.1, 0.15) is 79.8 Å². The number of hydrogen-bond donors (Lipinski definition) is 1. The second-order valence-corrected chi connectivity index (χ2v) is 10.4. The molecule has 1 aromatic heterocycles. The molecule has 0 radical (unpaired) electrons. The van der Waals surface area contributed by atoms with Crippen molar-refractivity contribution in [3.8, 4) is 0 Å². The van der Waals surface area contributed by atoms with Gasteiger partial charge in [-0.1, -0.05) is 6.92 Å². The van der Waals surface area contributed by atoms with Crippen LogP contribution in [0.4, 0.5) is 9.59 Å². The molecule has 0 bridgehead atoms. The van der Waals surface area contributed by atoms with Gasteiger partial charge in [-0.15, -0.1) is 0 Å². The Bertz CT molecular complexity index is 808. The molecular formula is C23H37N3O6. The van der Waals surface area contributed by atoms with Gasteiger partial charge in [-0.2, -0.15) is 0 Å². The van der Waals surface area contributed by atoms with E-state index >= 15 is 0 Å². The lowest BCUT2D eigenvalue weighted by Crippen LogP contribution is -2.44. The minimum absolute atomic E-state index is 0.0836. The summed E-state index contributed by atoms with van der Waals surface area (Å²) in [6, 6.07) is 0. The first kappa shape index (κ1) is 25.7. The van der Waals surface area contributed by atoms with E-state index in [1.807, 2.05) is 17.7 Å². The van der Waals surface area contributed by atoms with Crippen molar-refractivity contribution in [3.63, 3.8) is 0 Å². The van der Waals surface area contributed by atoms with E-state index in [1.54, 1.807) is 47.9 Å². The molecule has 1 saturated carbocycles. The van der Waals surface area contributed by atoms with E-state index in [0.717, 1.165) is 17.9 Å². The molecule has 32 heavy (non-hydrogen) atoms. The Balaban J connectivity index is 2.05. The van der Waals surface area contributed by atoms with Crippen molar-refractivity contribution in [3.05, 3.63) is 18.2 Å². The summed E-state index contributed by atoms with van der Waals surface area (Å²) in [4.78, 5) is 42.6. The van der Waals surface area contributed by atoms with E-state index in [0.29, 0.717) is 25.0 Å². The highest BCUT2D eigenvalue weighted by Gasteiger charge is 2.62. The Morgan fingerprint density at radius 1 is 1.16 bits per heavy atom. The maximum atomic E-state index is 12.6. The summed E-state index contributed by atoms with van der Waals surface area (Å²) in [6.45, 7) is 13.3. The standard InChI is InChI=1S/C23H37N3O6/c1-8-11-25-14-17(24-15-25)23(18(27)28)13-16(23)10-9-12-26(19(29)31-21(2,3)4)20(30)32-22(5,6)7/h14-16H,8-13H2,1-7H3,(H,27,28)/t16-,23+/m0/s1. The van der Waals surface area contributed by atoms with Gasteiger partial charge in [0.1, 0.15) is 16.6 Å². The maximum absolute atomic E-state index is 12.6. The van der Waals surface area contributed by atoms with Crippen LogP contribution in [-0.4, -0.2) is 55.5 Å². The zero-order chi connectivity index (χ0) is 24.3. The lowest BCUT2D eigenvalue weighted by atomic mass is 9.97. The van der Waals surface area contributed by atoms with Crippen LogP contribution in [0.15, 0.2) is 12.5 Å². The first-order chi connectivity index (χ1) is 14.7. The second-order valence-electron chi connectivity index (χ2n) is 10.4. The first-order valence-electron chi connectivity index (χ1n) is 11.2. The molecule has 0 saturated heterocycles. The molecule has 0 unspecified atom stereocenters. The Morgan fingerprint density at radius 2 is 1.72 bits per heavy atom. The summed E-state index contributed by atoms with van der Waals surface area (Å²) >= 11 is 0. The van der Waals surface area contributed by atoms with Gasteiger partial charge in [0.25, 0.3) is 0 Å². The van der Waals surface area contributed by atoms with Crippen molar-refractivity contribution in [2.45, 2.75) is 97.3 Å². The van der Waals surface area contributed by atoms with E-state index in [9.17, 15) is 19.5 Å². The van der Waals surface area contributed by atoms with E-state index in [2.05, 4.69) is 4.98 Å². The zero-order valence-electron chi connectivity index (χ0n) is 20.3. The fourth-order valence-corrected chi connectivity index (χ4v) is 3.72. The number of imide groups is 1. The number of carboxylic acids is 1. The molecule has 1 N–H and O–H groups in total. The van der Waals surface area contributed by atoms with Crippen molar-refractivity contribution in [1.29, 1.82) is 0 Å². The molecule has 0 aliphatic heterocycles. The van der Waals surface area contributed by atoms with Crippen LogP contribution in [0.25, 0.3) is 0 Å². The molecule has 9 nitrogen and oxygen atoms in total. The SMILES string of the molecule is CCCn1cnc([C@@]2(C(=O)O)C[C@@H]2CCCN(C(=O)OC(C)(C)C)C(=O)OC(C)(C)C)c1. The molecule has 1 aliphatic rings. The molecular weight excluding hydrogens is 414 g/mol. The first-order valence-corrected chi connectivity index (χ1v) is 11.2. The molecule has 1 fully saturated rings. The number of aryl methyl sites for hydroxylation is 1. The van der Waals surface area contributed by atoms with Gasteiger partial charge in [0.15, 0.2) is 0 Å². The number of amides is 2. The Hall–Kier alpha value is -2.58. The highest BCUT2D eigenvalue weighted by Crippen LogP contribution is 2.56. The Morgan fingerprint density at radius 3 is 2.19 bits per heavy atom. The van der Waals surface area contributed by atoms with Gasteiger partial charge in [0.05, 0.1) is 12.0 Å². The number of carboxylic acid groups (broad SMARTS) is 1. The van der Waals surface area contributed by atoms with Gasteiger partial charge in [0.2, 0.25) is 0 Å². The van der Waals surface area contributed by atoms with Crippen LogP contribution in [-0.2, 0) is 26.2 Å². The van der Waals surface area contributed by atoms with Crippen molar-refractivity contribution in [2.75, 3.05) is 6.54 Å². The predicted octanol–water partition coefficient (Wildman–Crippen LogP) is 4.59. The fourth-order valence-electron chi connectivity index (χ4n) is 3.72. The van der Waals surface area contributed by atoms with Crippen LogP contribution in [0.5, 0.6) is 0 Å². The van der Waals surface area contributed by atoms with E-state index in [1.165, 1.54) is 0 Å². The van der Waals surface area contributed by atoms with Crippen molar-refractivity contribution in [1.82, 2.24) is 14.5 Å². The second kappa shape index (κ2) is 9.50. The molecule has 180 valence electrons. The van der Waals surface area contributed by atoms with E-state index < -0.39 is 34.8 Å². The molecule has 0 spiro atoms. The molecule has 0 aromatic carbocycles. The molecule has 1 aromatic rings. The van der Waals surface area contributed by atoms with Crippen molar-refractivity contribution in [2.24, 2.45) is 5.92 Å². The molecule has 2 atom stereocenters. The van der Waals surface area contributed by atoms with Crippen LogP contribution >= 0.6 is 0 Å². The monoisotopic (exact) mass is 451 g/mol. The molecule has 1 heterocycles. The smallest absolute Gasteiger partial charge is 0.419 e. The molecule has 2 amide bonds. The largest absolute Gasteiger partial charge is 0.481 e.